The zero-order chi connectivity index (χ0) is 58.7. The zero-order valence-corrected chi connectivity index (χ0v) is 54.7. The van der Waals surface area contributed by atoms with Crippen molar-refractivity contribution in [2.75, 3.05) is 26.4 Å². The number of phosphoric acid groups is 1. The van der Waals surface area contributed by atoms with Crippen LogP contribution in [0.15, 0.2) is 36.5 Å². The van der Waals surface area contributed by atoms with E-state index in [2.05, 4.69) is 50.3 Å². The predicted octanol–water partition coefficient (Wildman–Crippen LogP) is 23.1. The molecule has 9 nitrogen and oxygen atoms in total. The summed E-state index contributed by atoms with van der Waals surface area (Å²) in [6, 6.07) is 0. The van der Waals surface area contributed by atoms with Gasteiger partial charge in [0.1, 0.15) is 6.61 Å². The highest BCUT2D eigenvalue weighted by atomic mass is 31.2. The fraction of sp³-hybridized carbons (Fsp3) is 0.887. The fourth-order valence-electron chi connectivity index (χ4n) is 10.8. The second-order valence-corrected chi connectivity index (χ2v) is 25.6. The lowest BCUT2D eigenvalue weighted by atomic mass is 10.0. The van der Waals surface area contributed by atoms with E-state index in [1.807, 2.05) is 0 Å². The molecule has 478 valence electrons. The molecule has 0 aromatic rings. The van der Waals surface area contributed by atoms with Crippen molar-refractivity contribution < 1.29 is 37.6 Å². The summed E-state index contributed by atoms with van der Waals surface area (Å²) in [5, 5.41) is 0. The summed E-state index contributed by atoms with van der Waals surface area (Å²) in [6.45, 7) is 3.81. The monoisotopic (exact) mass is 1160 g/mol. The topological polar surface area (TPSA) is 134 Å². The first-order valence-electron chi connectivity index (χ1n) is 35.5. The zero-order valence-electron chi connectivity index (χ0n) is 53.8. The summed E-state index contributed by atoms with van der Waals surface area (Å²) in [6.07, 6.45) is 83.9. The van der Waals surface area contributed by atoms with Crippen molar-refractivity contribution in [3.05, 3.63) is 36.5 Å². The van der Waals surface area contributed by atoms with Crippen LogP contribution in [0.5, 0.6) is 0 Å². The maximum absolute atomic E-state index is 12.8. The van der Waals surface area contributed by atoms with Crippen molar-refractivity contribution in [2.24, 2.45) is 5.73 Å². The van der Waals surface area contributed by atoms with Crippen LogP contribution < -0.4 is 5.73 Å². The lowest BCUT2D eigenvalue weighted by Gasteiger charge is -2.19. The van der Waals surface area contributed by atoms with Gasteiger partial charge < -0.3 is 20.1 Å². The van der Waals surface area contributed by atoms with E-state index in [0.717, 1.165) is 44.9 Å². The molecule has 2 unspecified atom stereocenters. The molecule has 0 rings (SSSR count). The molecule has 10 heteroatoms. The summed E-state index contributed by atoms with van der Waals surface area (Å²) in [5.41, 5.74) is 5.40. The second-order valence-electron chi connectivity index (χ2n) is 24.1. The predicted molar refractivity (Wildman–Crippen MR) is 349 cm³/mol. The Hall–Kier alpha value is -1.77. The van der Waals surface area contributed by atoms with Gasteiger partial charge in [-0.2, -0.15) is 0 Å². The first-order chi connectivity index (χ1) is 39.8. The minimum Gasteiger partial charge on any atom is -0.462 e. The molecule has 81 heavy (non-hydrogen) atoms. The van der Waals surface area contributed by atoms with E-state index in [-0.39, 0.29) is 38.6 Å². The van der Waals surface area contributed by atoms with Gasteiger partial charge in [0.15, 0.2) is 6.10 Å². The Bertz CT molecular complexity index is 1420. The quantitative estimate of drug-likeness (QED) is 0.0264. The number of nitrogens with two attached hydrogens (primary N) is 1. The van der Waals surface area contributed by atoms with Crippen molar-refractivity contribution in [3.8, 4) is 0 Å². The molecule has 0 aromatic heterocycles. The number of rotatable bonds is 68. The number of unbranched alkanes of at least 4 members (excludes halogenated alkanes) is 49. The van der Waals surface area contributed by atoms with Crippen LogP contribution in [0, 0.1) is 0 Å². The summed E-state index contributed by atoms with van der Waals surface area (Å²) in [4.78, 5) is 35.3. The van der Waals surface area contributed by atoms with Crippen LogP contribution in [-0.4, -0.2) is 49.3 Å². The van der Waals surface area contributed by atoms with Gasteiger partial charge >= 0.3 is 19.8 Å². The average molecular weight is 1160 g/mol. The van der Waals surface area contributed by atoms with Gasteiger partial charge in [-0.3, -0.25) is 18.6 Å². The van der Waals surface area contributed by atoms with E-state index < -0.39 is 26.5 Å². The van der Waals surface area contributed by atoms with E-state index in [4.69, 9.17) is 24.3 Å². The van der Waals surface area contributed by atoms with E-state index in [1.54, 1.807) is 0 Å². The van der Waals surface area contributed by atoms with Crippen LogP contribution in [0.1, 0.15) is 373 Å². The van der Waals surface area contributed by atoms with Crippen LogP contribution in [0.3, 0.4) is 0 Å². The van der Waals surface area contributed by atoms with Crippen molar-refractivity contribution in [2.45, 2.75) is 380 Å². The van der Waals surface area contributed by atoms with E-state index >= 15 is 0 Å². The van der Waals surface area contributed by atoms with Crippen LogP contribution in [-0.2, 0) is 32.7 Å². The first kappa shape index (κ1) is 79.2. The summed E-state index contributed by atoms with van der Waals surface area (Å²) >= 11 is 0. The Labute approximate surface area is 503 Å². The molecule has 0 bridgehead atoms. The average Bonchev–Trinajstić information content (AvgIpc) is 3.46. The molecule has 0 saturated carbocycles. The van der Waals surface area contributed by atoms with Crippen LogP contribution >= 0.6 is 7.82 Å². The Morgan fingerprint density at radius 3 is 0.951 bits per heavy atom. The molecule has 0 aliphatic carbocycles. The number of ether oxygens (including phenoxy) is 2. The van der Waals surface area contributed by atoms with Crippen molar-refractivity contribution >= 4 is 19.8 Å². The molecule has 2 atom stereocenters. The largest absolute Gasteiger partial charge is 0.472 e. The third kappa shape index (κ3) is 67.2. The van der Waals surface area contributed by atoms with Gasteiger partial charge in [0.25, 0.3) is 0 Å². The molecule has 0 amide bonds. The number of esters is 2. The number of hydrogen-bond donors (Lipinski definition) is 2. The van der Waals surface area contributed by atoms with Gasteiger partial charge in [-0.05, 0) is 51.4 Å². The van der Waals surface area contributed by atoms with Gasteiger partial charge in [0.2, 0.25) is 0 Å². The lowest BCUT2D eigenvalue weighted by molar-refractivity contribution is -0.161. The summed E-state index contributed by atoms with van der Waals surface area (Å²) < 4.78 is 33.2. The van der Waals surface area contributed by atoms with Crippen LogP contribution in [0.25, 0.3) is 0 Å². The molecule has 0 aliphatic heterocycles. The fourth-order valence-corrected chi connectivity index (χ4v) is 11.5. The van der Waals surface area contributed by atoms with Gasteiger partial charge in [-0.15, -0.1) is 0 Å². The standard InChI is InChI=1S/C71H136NO8P/c1-3-5-7-9-11-13-15-17-19-21-23-25-27-28-29-30-31-32-33-34-35-36-37-38-39-40-42-44-46-48-50-52-54-56-58-60-62-64-71(74)80-69(68-79-81(75,76)78-66-65-72)67-77-70(73)63-61-59-57-55-53-51-49-47-45-43-41-26-24-22-20-18-16-14-12-10-8-6-4-2/h15,17,21,23,27-28,69H,3-14,16,18-20,22,24-26,29-68,72H2,1-2H3,(H,75,76)/b17-15-,23-21-,28-27-. The molecule has 0 spiro atoms. The number of carbonyl (C=O) groups excluding carboxylic acids is 2. The number of allylic oxidation sites excluding steroid dienone is 6. The third-order valence-electron chi connectivity index (χ3n) is 16.0. The van der Waals surface area contributed by atoms with E-state index in [9.17, 15) is 19.0 Å². The van der Waals surface area contributed by atoms with Gasteiger partial charge in [0.05, 0.1) is 13.2 Å². The second kappa shape index (κ2) is 67.4. The molecule has 0 heterocycles. The minimum absolute atomic E-state index is 0.0567. The molecule has 0 radical (unpaired) electrons. The Kier molecular flexibility index (Phi) is 65.9. The number of hydrogen-bond acceptors (Lipinski definition) is 8. The Morgan fingerprint density at radius 1 is 0.370 bits per heavy atom. The van der Waals surface area contributed by atoms with Crippen LogP contribution in [0.2, 0.25) is 0 Å². The number of phosphoric ester groups is 1. The highest BCUT2D eigenvalue weighted by molar-refractivity contribution is 7.47. The molecule has 0 saturated heterocycles. The smallest absolute Gasteiger partial charge is 0.462 e. The van der Waals surface area contributed by atoms with Gasteiger partial charge in [0, 0.05) is 19.4 Å². The molecule has 0 aliphatic rings. The SMILES string of the molecule is CCCCCCC/C=C\C/C=C\C/C=C\CCCCCCCCCCCCCCCCCCCCCCCCC(=O)OC(COC(=O)CCCCCCCCCCCCCCCCCCCCCCCCC)COP(=O)(O)OCCN. The van der Waals surface area contributed by atoms with Gasteiger partial charge in [-0.1, -0.05) is 346 Å². The molecular weight excluding hydrogens is 1030 g/mol. The summed E-state index contributed by atoms with van der Waals surface area (Å²) in [5.74, 6) is -0.803. The minimum atomic E-state index is -4.39. The Balaban J connectivity index is 3.79. The summed E-state index contributed by atoms with van der Waals surface area (Å²) in [7, 11) is -4.39. The van der Waals surface area contributed by atoms with Crippen molar-refractivity contribution in [3.63, 3.8) is 0 Å². The molecular formula is C71H136NO8P. The van der Waals surface area contributed by atoms with Crippen molar-refractivity contribution in [1.29, 1.82) is 0 Å². The maximum Gasteiger partial charge on any atom is 0.472 e. The third-order valence-corrected chi connectivity index (χ3v) is 17.0. The molecule has 3 N–H and O–H groups in total. The van der Waals surface area contributed by atoms with Crippen molar-refractivity contribution in [1.82, 2.24) is 0 Å². The normalized spacial score (nSPS) is 13.1. The highest BCUT2D eigenvalue weighted by Gasteiger charge is 2.26. The molecule has 0 fully saturated rings. The highest BCUT2D eigenvalue weighted by Crippen LogP contribution is 2.43. The van der Waals surface area contributed by atoms with E-state index in [0.29, 0.717) is 6.42 Å². The van der Waals surface area contributed by atoms with Crippen LogP contribution in [0.4, 0.5) is 0 Å². The molecule has 0 aromatic carbocycles. The lowest BCUT2D eigenvalue weighted by Crippen LogP contribution is -2.29. The number of carbonyl (C=O) groups is 2. The maximum atomic E-state index is 12.8. The first-order valence-corrected chi connectivity index (χ1v) is 37.0. The van der Waals surface area contributed by atoms with E-state index in [1.165, 1.54) is 295 Å². The van der Waals surface area contributed by atoms with Gasteiger partial charge in [-0.25, -0.2) is 4.57 Å². The Morgan fingerprint density at radius 2 is 0.642 bits per heavy atom.